The molecule has 1 N–H and O–H groups in total. The summed E-state index contributed by atoms with van der Waals surface area (Å²) in [5.74, 6) is 1.02. The van der Waals surface area contributed by atoms with Gasteiger partial charge in [-0.1, -0.05) is 0 Å². The summed E-state index contributed by atoms with van der Waals surface area (Å²) in [7, 11) is 0. The number of nitrogens with one attached hydrogen (secondary N) is 1. The van der Waals surface area contributed by atoms with Crippen LogP contribution >= 0.6 is 22.9 Å². The summed E-state index contributed by atoms with van der Waals surface area (Å²) in [6, 6.07) is 0. The van der Waals surface area contributed by atoms with E-state index in [0.29, 0.717) is 0 Å². The van der Waals surface area contributed by atoms with Gasteiger partial charge in [-0.2, -0.15) is 0 Å². The summed E-state index contributed by atoms with van der Waals surface area (Å²) in [5.41, 5.74) is 1.48. The monoisotopic (exact) mass is 417 g/mol. The summed E-state index contributed by atoms with van der Waals surface area (Å²) >= 11 is 2.50. The number of rotatable bonds is 2. The third kappa shape index (κ3) is 3.35. The average Bonchev–Trinajstić information content (AvgIpc) is 2.51. The first kappa shape index (κ1) is 16.1. The van der Waals surface area contributed by atoms with E-state index >= 15 is 0 Å². The van der Waals surface area contributed by atoms with Gasteiger partial charge < -0.3 is 10.2 Å². The fraction of sp³-hybridized carbons (Fsp3) is 1.00. The smallest absolute Gasteiger partial charge is 0.0201 e. The Hall–Kier alpha value is 0.610. The predicted octanol–water partition coefficient (Wildman–Crippen LogP) is 3.29. The maximum absolute atomic E-state index is 3.54. The Bertz CT molecular complexity index is 368. The molecule has 0 amide bonds. The largest absolute Gasteiger partial charge is 0.317 e. The molecule has 0 aromatic heterocycles. The van der Waals surface area contributed by atoms with Crippen LogP contribution in [0.3, 0.4) is 0 Å². The molecule has 22 heavy (non-hydrogen) atoms. The molecule has 1 aliphatic carbocycles. The topological polar surface area (TPSA) is 18.5 Å². The summed E-state index contributed by atoms with van der Waals surface area (Å²) in [6.07, 6.45) is 11.8. The third-order valence-electron chi connectivity index (χ3n) is 7.31. The lowest BCUT2D eigenvalue weighted by Gasteiger charge is -2.53. The predicted molar refractivity (Wildman–Crippen MR) is 100 cm³/mol. The Labute approximate surface area is 150 Å². The molecule has 3 nitrogen and oxygen atoms in total. The van der Waals surface area contributed by atoms with Crippen LogP contribution in [0.5, 0.6) is 0 Å². The Morgan fingerprint density at radius 1 is 0.818 bits per heavy atom. The van der Waals surface area contributed by atoms with Crippen LogP contribution in [0, 0.1) is 16.7 Å². The minimum absolute atomic E-state index is 0.718. The van der Waals surface area contributed by atoms with E-state index < -0.39 is 0 Å². The fourth-order valence-corrected chi connectivity index (χ4v) is 6.17. The Balaban J connectivity index is 1.20. The molecule has 4 rings (SSSR count). The van der Waals surface area contributed by atoms with Gasteiger partial charge in [0.1, 0.15) is 0 Å². The molecular weight excluding hydrogens is 385 g/mol. The van der Waals surface area contributed by atoms with E-state index in [9.17, 15) is 0 Å². The average molecular weight is 417 g/mol. The normalized spacial score (nSPS) is 33.1. The molecule has 4 fully saturated rings. The Morgan fingerprint density at radius 3 is 2.05 bits per heavy atom. The highest BCUT2D eigenvalue weighted by Gasteiger charge is 2.46. The van der Waals surface area contributed by atoms with Crippen molar-refractivity contribution in [3.8, 4) is 0 Å². The van der Waals surface area contributed by atoms with Crippen molar-refractivity contribution in [1.82, 2.24) is 13.3 Å². The molecule has 4 heteroatoms. The third-order valence-corrected chi connectivity index (χ3v) is 8.28. The maximum atomic E-state index is 3.54. The molecule has 4 aliphatic rings. The van der Waals surface area contributed by atoms with E-state index in [-0.39, 0.29) is 0 Å². The van der Waals surface area contributed by atoms with Crippen LogP contribution in [0.2, 0.25) is 0 Å². The second-order valence-electron chi connectivity index (χ2n) is 8.73. The van der Waals surface area contributed by atoms with Gasteiger partial charge in [-0.3, -0.25) is 0 Å². The van der Waals surface area contributed by atoms with Gasteiger partial charge in [0.2, 0.25) is 0 Å². The molecule has 2 spiro atoms. The highest BCUT2D eigenvalue weighted by molar-refractivity contribution is 14.1. The Kier molecular flexibility index (Phi) is 4.75. The van der Waals surface area contributed by atoms with Gasteiger partial charge in [-0.25, -0.2) is 3.11 Å². The minimum Gasteiger partial charge on any atom is -0.317 e. The number of likely N-dealkylation sites (tertiary alicyclic amines) is 1. The number of halogens is 1. The molecule has 0 radical (unpaired) electrons. The summed E-state index contributed by atoms with van der Waals surface area (Å²) in [5, 5.41) is 3.54. The Morgan fingerprint density at radius 2 is 1.41 bits per heavy atom. The van der Waals surface area contributed by atoms with Crippen LogP contribution in [0.25, 0.3) is 0 Å². The zero-order valence-electron chi connectivity index (χ0n) is 14.0. The zero-order chi connectivity index (χ0) is 15.0. The van der Waals surface area contributed by atoms with Gasteiger partial charge in [0.25, 0.3) is 0 Å². The van der Waals surface area contributed by atoms with Gasteiger partial charge >= 0.3 is 0 Å². The summed E-state index contributed by atoms with van der Waals surface area (Å²) in [6.45, 7) is 9.35. The first-order chi connectivity index (χ1) is 10.7. The van der Waals surface area contributed by atoms with Crippen molar-refractivity contribution in [3.63, 3.8) is 0 Å². The summed E-state index contributed by atoms with van der Waals surface area (Å²) < 4.78 is 2.49. The quantitative estimate of drug-likeness (QED) is 0.550. The van der Waals surface area contributed by atoms with Crippen LogP contribution in [-0.2, 0) is 0 Å². The molecule has 126 valence electrons. The van der Waals surface area contributed by atoms with E-state index in [1.807, 2.05) is 0 Å². The van der Waals surface area contributed by atoms with Gasteiger partial charge in [-0.15, -0.1) is 0 Å². The van der Waals surface area contributed by atoms with Crippen molar-refractivity contribution in [2.45, 2.75) is 51.4 Å². The van der Waals surface area contributed by atoms with Crippen LogP contribution in [-0.4, -0.2) is 53.8 Å². The molecule has 0 atom stereocenters. The number of hydrogen-bond acceptors (Lipinski definition) is 3. The van der Waals surface area contributed by atoms with Gasteiger partial charge in [0.05, 0.1) is 0 Å². The molecule has 0 unspecified atom stereocenters. The molecule has 0 aromatic carbocycles. The minimum atomic E-state index is 0.718. The highest BCUT2D eigenvalue weighted by atomic mass is 127. The molecule has 1 saturated carbocycles. The van der Waals surface area contributed by atoms with E-state index in [4.69, 9.17) is 0 Å². The van der Waals surface area contributed by atoms with Gasteiger partial charge in [0.15, 0.2) is 0 Å². The number of piperidine rings is 3. The van der Waals surface area contributed by atoms with Crippen LogP contribution in [0.4, 0.5) is 0 Å². The van der Waals surface area contributed by atoms with Crippen molar-refractivity contribution < 1.29 is 0 Å². The van der Waals surface area contributed by atoms with Crippen molar-refractivity contribution in [1.29, 1.82) is 0 Å². The zero-order valence-corrected chi connectivity index (χ0v) is 16.1. The van der Waals surface area contributed by atoms with Gasteiger partial charge in [0, 0.05) is 42.5 Å². The first-order valence-corrected chi connectivity index (χ1v) is 10.5. The fourth-order valence-electron chi connectivity index (χ4n) is 5.69. The standard InChI is InChI=1S/C18H32IN3/c19-22-11-5-18(6-12-22)13-16(14-18)15-21-9-3-17(4-10-21)1-7-20-8-2-17/h16,20H,1-15H2. The van der Waals surface area contributed by atoms with E-state index in [1.165, 1.54) is 97.2 Å². The number of hydrogen-bond donors (Lipinski definition) is 1. The first-order valence-electron chi connectivity index (χ1n) is 9.51. The second kappa shape index (κ2) is 6.49. The SMILES string of the molecule is IN1CCC2(CC1)CC(CN1CCC3(CCNCC3)CC1)C2. The van der Waals surface area contributed by atoms with Crippen molar-refractivity contribution in [3.05, 3.63) is 0 Å². The molecule has 0 aromatic rings. The highest BCUT2D eigenvalue weighted by Crippen LogP contribution is 2.53. The summed E-state index contributed by atoms with van der Waals surface area (Å²) in [4.78, 5) is 2.80. The van der Waals surface area contributed by atoms with E-state index in [1.54, 1.807) is 0 Å². The lowest BCUT2D eigenvalue weighted by Crippen LogP contribution is -2.50. The second-order valence-corrected chi connectivity index (χ2v) is 10.1. The molecule has 3 saturated heterocycles. The molecule has 0 bridgehead atoms. The van der Waals surface area contributed by atoms with E-state index in [2.05, 4.69) is 36.2 Å². The van der Waals surface area contributed by atoms with Crippen molar-refractivity contribution >= 4 is 22.9 Å². The van der Waals surface area contributed by atoms with E-state index in [0.717, 1.165) is 16.7 Å². The maximum Gasteiger partial charge on any atom is 0.0201 e. The molecule has 3 aliphatic heterocycles. The van der Waals surface area contributed by atoms with Crippen molar-refractivity contribution in [2.75, 3.05) is 45.8 Å². The van der Waals surface area contributed by atoms with Crippen LogP contribution in [0.15, 0.2) is 0 Å². The lowest BCUT2D eigenvalue weighted by molar-refractivity contribution is -0.0199. The van der Waals surface area contributed by atoms with Gasteiger partial charge in [-0.05, 0) is 94.3 Å². The lowest BCUT2D eigenvalue weighted by atomic mass is 9.57. The van der Waals surface area contributed by atoms with Crippen LogP contribution < -0.4 is 5.32 Å². The van der Waals surface area contributed by atoms with Crippen molar-refractivity contribution in [2.24, 2.45) is 16.7 Å². The van der Waals surface area contributed by atoms with Crippen LogP contribution in [0.1, 0.15) is 51.4 Å². The molecular formula is C18H32IN3. The molecule has 3 heterocycles. The number of nitrogens with zero attached hydrogens (tertiary/aromatic N) is 2.